The zero-order valence-electron chi connectivity index (χ0n) is 13.1. The van der Waals surface area contributed by atoms with Crippen LogP contribution in [0.15, 0.2) is 48.8 Å². The molecule has 6 heteroatoms. The van der Waals surface area contributed by atoms with Gasteiger partial charge in [0.2, 0.25) is 5.91 Å². The first-order chi connectivity index (χ1) is 11.3. The maximum absolute atomic E-state index is 12.1. The van der Waals surface area contributed by atoms with Crippen molar-refractivity contribution in [2.45, 2.75) is 19.5 Å². The van der Waals surface area contributed by atoms with Crippen molar-refractivity contribution in [1.29, 1.82) is 0 Å². The summed E-state index contributed by atoms with van der Waals surface area (Å²) in [4.78, 5) is 12.1. The fourth-order valence-corrected chi connectivity index (χ4v) is 2.50. The molecule has 3 aromatic rings. The highest BCUT2D eigenvalue weighted by Crippen LogP contribution is 2.15. The fourth-order valence-electron chi connectivity index (χ4n) is 2.50. The molecule has 0 saturated carbocycles. The average molecular weight is 312 g/mol. The SMILES string of the molecule is COCCn1ccc(NC(=O)CCn2ccc3ccccc32)n1. The van der Waals surface area contributed by atoms with Gasteiger partial charge in [-0.15, -0.1) is 0 Å². The summed E-state index contributed by atoms with van der Waals surface area (Å²) < 4.78 is 8.84. The Morgan fingerprint density at radius 2 is 2.04 bits per heavy atom. The average Bonchev–Trinajstić information content (AvgIpc) is 3.18. The van der Waals surface area contributed by atoms with Crippen molar-refractivity contribution >= 4 is 22.6 Å². The molecule has 0 saturated heterocycles. The van der Waals surface area contributed by atoms with E-state index >= 15 is 0 Å². The van der Waals surface area contributed by atoms with Crippen molar-refractivity contribution in [3.63, 3.8) is 0 Å². The standard InChI is InChI=1S/C17H20N4O2/c1-23-13-12-21-11-7-16(19-21)18-17(22)8-10-20-9-6-14-4-2-3-5-15(14)20/h2-7,9,11H,8,10,12-13H2,1H3,(H,18,19,22). The van der Waals surface area contributed by atoms with Crippen LogP contribution in [0.2, 0.25) is 0 Å². The van der Waals surface area contributed by atoms with Gasteiger partial charge in [-0.05, 0) is 17.5 Å². The number of benzene rings is 1. The number of amides is 1. The van der Waals surface area contributed by atoms with Crippen LogP contribution in [0.4, 0.5) is 5.82 Å². The van der Waals surface area contributed by atoms with Crippen molar-refractivity contribution in [3.05, 3.63) is 48.8 Å². The smallest absolute Gasteiger partial charge is 0.227 e. The van der Waals surface area contributed by atoms with E-state index in [1.54, 1.807) is 17.9 Å². The molecular weight excluding hydrogens is 292 g/mol. The Morgan fingerprint density at radius 3 is 2.91 bits per heavy atom. The third-order valence-electron chi connectivity index (χ3n) is 3.69. The van der Waals surface area contributed by atoms with Gasteiger partial charge in [0, 0.05) is 44.1 Å². The lowest BCUT2D eigenvalue weighted by atomic mass is 10.2. The van der Waals surface area contributed by atoms with Gasteiger partial charge in [0.15, 0.2) is 5.82 Å². The Balaban J connectivity index is 1.54. The molecule has 0 atom stereocenters. The molecule has 0 bridgehead atoms. The molecule has 6 nitrogen and oxygen atoms in total. The van der Waals surface area contributed by atoms with Crippen LogP contribution in [0, 0.1) is 0 Å². The molecule has 0 fully saturated rings. The normalized spacial score (nSPS) is 11.0. The lowest BCUT2D eigenvalue weighted by molar-refractivity contribution is -0.116. The summed E-state index contributed by atoms with van der Waals surface area (Å²) in [6, 6.07) is 12.0. The maximum atomic E-state index is 12.1. The number of aromatic nitrogens is 3. The third-order valence-corrected chi connectivity index (χ3v) is 3.69. The van der Waals surface area contributed by atoms with Crippen LogP contribution in [0.5, 0.6) is 0 Å². The van der Waals surface area contributed by atoms with Gasteiger partial charge < -0.3 is 14.6 Å². The van der Waals surface area contributed by atoms with Crippen molar-refractivity contribution in [2.75, 3.05) is 19.0 Å². The van der Waals surface area contributed by atoms with E-state index in [0.717, 1.165) is 5.52 Å². The van der Waals surface area contributed by atoms with Crippen molar-refractivity contribution < 1.29 is 9.53 Å². The monoisotopic (exact) mass is 312 g/mol. The minimum atomic E-state index is -0.0419. The van der Waals surface area contributed by atoms with E-state index in [9.17, 15) is 4.79 Å². The highest BCUT2D eigenvalue weighted by molar-refractivity contribution is 5.89. The van der Waals surface area contributed by atoms with Gasteiger partial charge in [0.05, 0.1) is 13.2 Å². The second-order valence-corrected chi connectivity index (χ2v) is 5.32. The van der Waals surface area contributed by atoms with Crippen molar-refractivity contribution in [2.24, 2.45) is 0 Å². The summed E-state index contributed by atoms with van der Waals surface area (Å²) >= 11 is 0. The van der Waals surface area contributed by atoms with E-state index < -0.39 is 0 Å². The molecule has 0 aliphatic heterocycles. The van der Waals surface area contributed by atoms with E-state index in [0.29, 0.717) is 31.9 Å². The highest BCUT2D eigenvalue weighted by Gasteiger charge is 2.07. The van der Waals surface area contributed by atoms with Crippen LogP contribution in [0.3, 0.4) is 0 Å². The summed E-state index contributed by atoms with van der Waals surface area (Å²) in [6.45, 7) is 1.90. The van der Waals surface area contributed by atoms with Crippen LogP contribution < -0.4 is 5.32 Å². The van der Waals surface area contributed by atoms with Gasteiger partial charge in [0.1, 0.15) is 0 Å². The predicted molar refractivity (Wildman–Crippen MR) is 89.3 cm³/mol. The van der Waals surface area contributed by atoms with E-state index in [1.807, 2.05) is 24.5 Å². The van der Waals surface area contributed by atoms with Gasteiger partial charge in [-0.1, -0.05) is 18.2 Å². The van der Waals surface area contributed by atoms with Crippen LogP contribution in [0.25, 0.3) is 10.9 Å². The molecule has 0 spiro atoms. The summed E-state index contributed by atoms with van der Waals surface area (Å²) in [7, 11) is 1.65. The second-order valence-electron chi connectivity index (χ2n) is 5.32. The Labute approximate surface area is 134 Å². The number of aryl methyl sites for hydroxylation is 1. The topological polar surface area (TPSA) is 61.1 Å². The van der Waals surface area contributed by atoms with Gasteiger partial charge in [-0.3, -0.25) is 9.48 Å². The zero-order valence-corrected chi connectivity index (χ0v) is 13.1. The lowest BCUT2D eigenvalue weighted by Gasteiger charge is -2.05. The first-order valence-corrected chi connectivity index (χ1v) is 7.62. The molecular formula is C17H20N4O2. The first kappa shape index (κ1) is 15.3. The summed E-state index contributed by atoms with van der Waals surface area (Å²) in [5.41, 5.74) is 1.14. The van der Waals surface area contributed by atoms with Gasteiger partial charge in [0.25, 0.3) is 0 Å². The predicted octanol–water partition coefficient (Wildman–Crippen LogP) is 2.51. The van der Waals surface area contributed by atoms with Gasteiger partial charge >= 0.3 is 0 Å². The van der Waals surface area contributed by atoms with Crippen LogP contribution in [-0.4, -0.2) is 34.0 Å². The third kappa shape index (κ3) is 3.78. The zero-order chi connectivity index (χ0) is 16.1. The summed E-state index contributed by atoms with van der Waals surface area (Å²) in [5.74, 6) is 0.531. The van der Waals surface area contributed by atoms with E-state index in [1.165, 1.54) is 5.39 Å². The van der Waals surface area contributed by atoms with Gasteiger partial charge in [-0.25, -0.2) is 0 Å². The van der Waals surface area contributed by atoms with Gasteiger partial charge in [-0.2, -0.15) is 5.10 Å². The van der Waals surface area contributed by atoms with Crippen molar-refractivity contribution in [3.8, 4) is 0 Å². The number of para-hydroxylation sites is 1. The summed E-state index contributed by atoms with van der Waals surface area (Å²) in [5, 5.41) is 8.29. The van der Waals surface area contributed by atoms with E-state index in [2.05, 4.69) is 33.2 Å². The number of fused-ring (bicyclic) bond motifs is 1. The Morgan fingerprint density at radius 1 is 1.17 bits per heavy atom. The minimum Gasteiger partial charge on any atom is -0.383 e. The molecule has 0 radical (unpaired) electrons. The van der Waals surface area contributed by atoms with Crippen molar-refractivity contribution in [1.82, 2.24) is 14.3 Å². The Bertz CT molecular complexity index is 791. The molecule has 0 aliphatic carbocycles. The fraction of sp³-hybridized carbons (Fsp3) is 0.294. The number of carbonyl (C=O) groups excluding carboxylic acids is 1. The minimum absolute atomic E-state index is 0.0419. The van der Waals surface area contributed by atoms with Crippen LogP contribution in [0.1, 0.15) is 6.42 Å². The molecule has 1 aromatic carbocycles. The first-order valence-electron chi connectivity index (χ1n) is 7.62. The number of hydrogen-bond donors (Lipinski definition) is 1. The maximum Gasteiger partial charge on any atom is 0.227 e. The highest BCUT2D eigenvalue weighted by atomic mass is 16.5. The second kappa shape index (κ2) is 7.11. The molecule has 1 N–H and O–H groups in total. The number of methoxy groups -OCH3 is 1. The number of anilines is 1. The molecule has 2 aromatic heterocycles. The Kier molecular flexibility index (Phi) is 4.73. The molecule has 1 amide bonds. The quantitative estimate of drug-likeness (QED) is 0.729. The van der Waals surface area contributed by atoms with E-state index in [4.69, 9.17) is 4.74 Å². The molecule has 0 unspecified atom stereocenters. The number of hydrogen-bond acceptors (Lipinski definition) is 3. The molecule has 23 heavy (non-hydrogen) atoms. The molecule has 2 heterocycles. The molecule has 120 valence electrons. The lowest BCUT2D eigenvalue weighted by Crippen LogP contribution is -2.15. The largest absolute Gasteiger partial charge is 0.383 e. The molecule has 3 rings (SSSR count). The number of nitrogens with one attached hydrogen (secondary N) is 1. The van der Waals surface area contributed by atoms with Crippen LogP contribution >= 0.6 is 0 Å². The number of carbonyl (C=O) groups is 1. The molecule has 0 aliphatic rings. The Hall–Kier alpha value is -2.60. The summed E-state index contributed by atoms with van der Waals surface area (Å²) in [6.07, 6.45) is 4.25. The van der Waals surface area contributed by atoms with Crippen LogP contribution in [-0.2, 0) is 22.6 Å². The number of rotatable bonds is 7. The number of ether oxygens (including phenoxy) is 1. The number of nitrogens with zero attached hydrogens (tertiary/aromatic N) is 3. The van der Waals surface area contributed by atoms with E-state index in [-0.39, 0.29) is 5.91 Å².